The van der Waals surface area contributed by atoms with Crippen LogP contribution >= 0.6 is 11.3 Å². The number of anilines is 1. The number of hydrogen-bond donors (Lipinski definition) is 2. The van der Waals surface area contributed by atoms with Gasteiger partial charge in [-0.05, 0) is 65.4 Å². The molecule has 3 rings (SSSR count). The third-order valence-electron chi connectivity index (χ3n) is 5.05. The molecule has 0 saturated carbocycles. The number of amides is 2. The van der Waals surface area contributed by atoms with Crippen molar-refractivity contribution in [2.24, 2.45) is 11.1 Å². The van der Waals surface area contributed by atoms with Gasteiger partial charge in [0.25, 0.3) is 11.8 Å². The number of nitrogens with zero attached hydrogens (tertiary/aromatic N) is 2. The predicted molar refractivity (Wildman–Crippen MR) is 127 cm³/mol. The number of carbonyl (C=O) groups excluding carboxylic acids is 2. The Bertz CT molecular complexity index is 1100. The zero-order valence-electron chi connectivity index (χ0n) is 18.2. The minimum atomic E-state index is -0.253. The van der Waals surface area contributed by atoms with E-state index in [0.29, 0.717) is 41.3 Å². The molecule has 2 aromatic carbocycles. The molecule has 0 aliphatic carbocycles. The SMILES string of the molecule is CC(C)(CN)CN(Cc1ccc(NC(=O)c2cccs2)cc1)C(=O)c1ccc(C#N)cc1. The number of thiophene rings is 1. The van der Waals surface area contributed by atoms with Gasteiger partial charge in [0.15, 0.2) is 0 Å². The van der Waals surface area contributed by atoms with Gasteiger partial charge in [0, 0.05) is 24.3 Å². The Balaban J connectivity index is 1.75. The molecule has 6 nitrogen and oxygen atoms in total. The second-order valence-corrected chi connectivity index (χ2v) is 9.29. The van der Waals surface area contributed by atoms with Crippen LogP contribution in [0.3, 0.4) is 0 Å². The van der Waals surface area contributed by atoms with Crippen LogP contribution in [0.1, 0.15) is 45.0 Å². The molecule has 0 saturated heterocycles. The van der Waals surface area contributed by atoms with Gasteiger partial charge < -0.3 is 16.0 Å². The fraction of sp³-hybridized carbons (Fsp3) is 0.240. The summed E-state index contributed by atoms with van der Waals surface area (Å²) in [5.41, 5.74) is 8.33. The summed E-state index contributed by atoms with van der Waals surface area (Å²) in [5, 5.41) is 13.7. The minimum Gasteiger partial charge on any atom is -0.334 e. The summed E-state index contributed by atoms with van der Waals surface area (Å²) in [4.78, 5) is 27.9. The summed E-state index contributed by atoms with van der Waals surface area (Å²) in [6, 6.07) is 19.8. The first-order chi connectivity index (χ1) is 15.3. The number of rotatable bonds is 8. The van der Waals surface area contributed by atoms with E-state index in [0.717, 1.165) is 5.56 Å². The number of nitriles is 1. The van der Waals surface area contributed by atoms with E-state index < -0.39 is 0 Å². The average molecular weight is 447 g/mol. The van der Waals surface area contributed by atoms with E-state index in [1.165, 1.54) is 11.3 Å². The summed E-state index contributed by atoms with van der Waals surface area (Å²) < 4.78 is 0. The van der Waals surface area contributed by atoms with Crippen LogP contribution < -0.4 is 11.1 Å². The van der Waals surface area contributed by atoms with Gasteiger partial charge in [-0.3, -0.25) is 9.59 Å². The van der Waals surface area contributed by atoms with Gasteiger partial charge in [-0.15, -0.1) is 11.3 Å². The van der Waals surface area contributed by atoms with Crippen molar-refractivity contribution in [1.82, 2.24) is 4.90 Å². The molecular weight excluding hydrogens is 420 g/mol. The molecule has 0 spiro atoms. The topological polar surface area (TPSA) is 99.2 Å². The largest absolute Gasteiger partial charge is 0.334 e. The van der Waals surface area contributed by atoms with Gasteiger partial charge in [0.1, 0.15) is 0 Å². The van der Waals surface area contributed by atoms with Crippen molar-refractivity contribution in [3.63, 3.8) is 0 Å². The van der Waals surface area contributed by atoms with Crippen molar-refractivity contribution in [2.75, 3.05) is 18.4 Å². The smallest absolute Gasteiger partial charge is 0.265 e. The Labute approximate surface area is 192 Å². The summed E-state index contributed by atoms with van der Waals surface area (Å²) in [7, 11) is 0. The molecule has 0 unspecified atom stereocenters. The number of carbonyl (C=O) groups is 2. The Morgan fingerprint density at radius 2 is 1.78 bits per heavy atom. The first kappa shape index (κ1) is 23.2. The molecule has 3 aromatic rings. The molecule has 7 heteroatoms. The summed E-state index contributed by atoms with van der Waals surface area (Å²) in [6.45, 7) is 5.38. The standard InChI is InChI=1S/C25H26N4O2S/c1-25(2,16-27)17-29(24(31)20-9-5-18(14-26)6-10-20)15-19-7-11-21(12-8-19)28-23(30)22-4-3-13-32-22/h3-13H,15-17,27H2,1-2H3,(H,28,30). The molecule has 0 radical (unpaired) electrons. The Kier molecular flexibility index (Phi) is 7.41. The highest BCUT2D eigenvalue weighted by molar-refractivity contribution is 7.12. The van der Waals surface area contributed by atoms with E-state index in [2.05, 4.69) is 11.4 Å². The van der Waals surface area contributed by atoms with Gasteiger partial charge in [-0.1, -0.05) is 32.0 Å². The normalized spacial score (nSPS) is 10.9. The first-order valence-electron chi connectivity index (χ1n) is 10.2. The fourth-order valence-electron chi connectivity index (χ4n) is 3.16. The van der Waals surface area contributed by atoms with Crippen molar-refractivity contribution in [3.05, 3.63) is 87.6 Å². The monoisotopic (exact) mass is 446 g/mol. The third kappa shape index (κ3) is 6.03. The van der Waals surface area contributed by atoms with Crippen molar-refractivity contribution in [3.8, 4) is 6.07 Å². The maximum absolute atomic E-state index is 13.2. The number of hydrogen-bond acceptors (Lipinski definition) is 5. The Morgan fingerprint density at radius 1 is 1.09 bits per heavy atom. The highest BCUT2D eigenvalue weighted by Crippen LogP contribution is 2.21. The van der Waals surface area contributed by atoms with Crippen LogP contribution in [0.25, 0.3) is 0 Å². The lowest BCUT2D eigenvalue weighted by atomic mass is 9.92. The summed E-state index contributed by atoms with van der Waals surface area (Å²) in [5.74, 6) is -0.263. The molecule has 32 heavy (non-hydrogen) atoms. The van der Waals surface area contributed by atoms with Gasteiger partial charge in [0.2, 0.25) is 0 Å². The molecule has 0 atom stereocenters. The summed E-state index contributed by atoms with van der Waals surface area (Å²) >= 11 is 1.39. The van der Waals surface area contributed by atoms with E-state index in [-0.39, 0.29) is 17.2 Å². The van der Waals surface area contributed by atoms with Crippen LogP contribution in [0, 0.1) is 16.7 Å². The Hall–Kier alpha value is -3.47. The van der Waals surface area contributed by atoms with E-state index in [1.54, 1.807) is 35.2 Å². The molecule has 2 amide bonds. The molecule has 0 aliphatic rings. The molecule has 1 aromatic heterocycles. The van der Waals surface area contributed by atoms with Crippen molar-refractivity contribution in [1.29, 1.82) is 5.26 Å². The van der Waals surface area contributed by atoms with Crippen LogP contribution in [0.15, 0.2) is 66.0 Å². The average Bonchev–Trinajstić information content (AvgIpc) is 3.34. The van der Waals surface area contributed by atoms with Crippen LogP contribution in [0.4, 0.5) is 5.69 Å². The minimum absolute atomic E-state index is 0.119. The fourth-order valence-corrected chi connectivity index (χ4v) is 3.78. The maximum Gasteiger partial charge on any atom is 0.265 e. The van der Waals surface area contributed by atoms with Crippen molar-refractivity contribution >= 4 is 28.8 Å². The molecule has 1 heterocycles. The summed E-state index contributed by atoms with van der Waals surface area (Å²) in [6.07, 6.45) is 0. The van der Waals surface area contributed by atoms with Crippen molar-refractivity contribution in [2.45, 2.75) is 20.4 Å². The predicted octanol–water partition coefficient (Wildman–Crippen LogP) is 4.50. The number of nitrogens with one attached hydrogen (secondary N) is 1. The zero-order valence-corrected chi connectivity index (χ0v) is 19.0. The molecule has 0 aliphatic heterocycles. The lowest BCUT2D eigenvalue weighted by Crippen LogP contribution is -2.41. The van der Waals surface area contributed by atoms with Crippen LogP contribution in [-0.4, -0.2) is 29.8 Å². The molecule has 3 N–H and O–H groups in total. The molecule has 164 valence electrons. The van der Waals surface area contributed by atoms with Crippen molar-refractivity contribution < 1.29 is 9.59 Å². The second-order valence-electron chi connectivity index (χ2n) is 8.35. The Morgan fingerprint density at radius 3 is 2.34 bits per heavy atom. The van der Waals surface area contributed by atoms with E-state index >= 15 is 0 Å². The molecule has 0 bridgehead atoms. The quantitative estimate of drug-likeness (QED) is 0.532. The van der Waals surface area contributed by atoms with Crippen LogP contribution in [0.5, 0.6) is 0 Å². The van der Waals surface area contributed by atoms with Crippen LogP contribution in [-0.2, 0) is 6.54 Å². The van der Waals surface area contributed by atoms with E-state index in [9.17, 15) is 9.59 Å². The maximum atomic E-state index is 13.2. The van der Waals surface area contributed by atoms with Gasteiger partial charge in [-0.2, -0.15) is 5.26 Å². The molecular formula is C25H26N4O2S. The zero-order chi connectivity index (χ0) is 23.1. The lowest BCUT2D eigenvalue weighted by molar-refractivity contribution is 0.0673. The first-order valence-corrected chi connectivity index (χ1v) is 11.1. The van der Waals surface area contributed by atoms with Crippen LogP contribution in [0.2, 0.25) is 0 Å². The highest BCUT2D eigenvalue weighted by Gasteiger charge is 2.25. The molecule has 0 fully saturated rings. The third-order valence-corrected chi connectivity index (χ3v) is 5.92. The van der Waals surface area contributed by atoms with E-state index in [1.807, 2.05) is 49.6 Å². The highest BCUT2D eigenvalue weighted by atomic mass is 32.1. The second kappa shape index (κ2) is 10.2. The number of benzene rings is 2. The van der Waals surface area contributed by atoms with Gasteiger partial charge >= 0.3 is 0 Å². The van der Waals surface area contributed by atoms with E-state index in [4.69, 9.17) is 11.0 Å². The van der Waals surface area contributed by atoms with Gasteiger partial charge in [-0.25, -0.2) is 0 Å². The van der Waals surface area contributed by atoms with Gasteiger partial charge in [0.05, 0.1) is 16.5 Å². The lowest BCUT2D eigenvalue weighted by Gasteiger charge is -2.32. The number of nitrogens with two attached hydrogens (primary N) is 1.